The summed E-state index contributed by atoms with van der Waals surface area (Å²) in [6, 6.07) is 3.47. The second kappa shape index (κ2) is 7.12. The van der Waals surface area contributed by atoms with Crippen LogP contribution in [0.25, 0.3) is 0 Å². The van der Waals surface area contributed by atoms with Crippen molar-refractivity contribution >= 4 is 21.4 Å². The molecule has 0 amide bonds. The normalized spacial score (nSPS) is 11.9. The number of aryl methyl sites for hydroxylation is 1. The summed E-state index contributed by atoms with van der Waals surface area (Å²) in [4.78, 5) is 1.00. The fraction of sp³-hybridized carbons (Fsp3) is 0.500. The van der Waals surface area contributed by atoms with Crippen LogP contribution in [0, 0.1) is 0 Å². The zero-order valence-corrected chi connectivity index (χ0v) is 13.7. The number of rotatable bonds is 8. The Balaban J connectivity index is 1.97. The molecule has 2 heterocycles. The van der Waals surface area contributed by atoms with E-state index in [1.54, 1.807) is 17.7 Å². The maximum Gasteiger partial charge on any atom is 0.250 e. The molecule has 2 rings (SSSR count). The van der Waals surface area contributed by atoms with Gasteiger partial charge in [0.2, 0.25) is 10.0 Å². The van der Waals surface area contributed by atoms with Crippen molar-refractivity contribution in [2.45, 2.75) is 30.6 Å². The van der Waals surface area contributed by atoms with Gasteiger partial charge in [0.1, 0.15) is 16.4 Å². The van der Waals surface area contributed by atoms with Gasteiger partial charge in [-0.05, 0) is 25.1 Å². The van der Waals surface area contributed by atoms with Crippen LogP contribution in [0.3, 0.4) is 0 Å². The summed E-state index contributed by atoms with van der Waals surface area (Å²) in [6.45, 7) is 3.83. The van der Waals surface area contributed by atoms with Crippen LogP contribution in [0.2, 0.25) is 0 Å². The molecule has 9 heteroatoms. The van der Waals surface area contributed by atoms with Crippen molar-refractivity contribution in [1.82, 2.24) is 24.8 Å². The molecule has 0 radical (unpaired) electrons. The zero-order valence-electron chi connectivity index (χ0n) is 12.0. The number of nitrogens with one attached hydrogen (secondary N) is 2. The third kappa shape index (κ3) is 4.34. The Morgan fingerprint density at radius 1 is 1.33 bits per heavy atom. The third-order valence-corrected chi connectivity index (χ3v) is 5.83. The van der Waals surface area contributed by atoms with Crippen LogP contribution in [-0.2, 0) is 30.2 Å². The summed E-state index contributed by atoms with van der Waals surface area (Å²) in [5.41, 5.74) is 0. The van der Waals surface area contributed by atoms with E-state index < -0.39 is 10.0 Å². The van der Waals surface area contributed by atoms with Crippen LogP contribution in [0.5, 0.6) is 0 Å². The molecule has 0 aliphatic carbocycles. The van der Waals surface area contributed by atoms with Gasteiger partial charge in [-0.3, -0.25) is 0 Å². The Morgan fingerprint density at radius 2 is 2.14 bits per heavy atom. The summed E-state index contributed by atoms with van der Waals surface area (Å²) in [5, 5.41) is 10.8. The van der Waals surface area contributed by atoms with Gasteiger partial charge < -0.3 is 9.88 Å². The Hall–Kier alpha value is -1.29. The topological polar surface area (TPSA) is 88.9 Å². The highest BCUT2D eigenvalue weighted by Gasteiger charge is 2.17. The van der Waals surface area contributed by atoms with E-state index in [4.69, 9.17) is 0 Å². The Bertz CT molecular complexity index is 677. The van der Waals surface area contributed by atoms with E-state index in [1.807, 2.05) is 6.07 Å². The Morgan fingerprint density at radius 3 is 2.81 bits per heavy atom. The maximum atomic E-state index is 12.2. The van der Waals surface area contributed by atoms with Gasteiger partial charge in [0, 0.05) is 18.5 Å². The lowest BCUT2D eigenvalue weighted by Gasteiger charge is -2.04. The van der Waals surface area contributed by atoms with E-state index in [0.717, 1.165) is 17.8 Å². The average Bonchev–Trinajstić information content (AvgIpc) is 3.06. The highest BCUT2D eigenvalue weighted by molar-refractivity contribution is 7.91. The molecule has 21 heavy (non-hydrogen) atoms. The van der Waals surface area contributed by atoms with Crippen LogP contribution in [0.15, 0.2) is 22.7 Å². The molecule has 7 nitrogen and oxygen atoms in total. The summed E-state index contributed by atoms with van der Waals surface area (Å²) >= 11 is 1.28. The summed E-state index contributed by atoms with van der Waals surface area (Å²) in [7, 11) is -1.73. The third-order valence-electron chi connectivity index (χ3n) is 2.85. The highest BCUT2D eigenvalue weighted by Crippen LogP contribution is 2.21. The highest BCUT2D eigenvalue weighted by atomic mass is 32.2. The van der Waals surface area contributed by atoms with Crippen LogP contribution in [-0.4, -0.2) is 29.7 Å². The first kappa shape index (κ1) is 16.1. The van der Waals surface area contributed by atoms with Gasteiger partial charge in [-0.25, -0.2) is 13.1 Å². The molecule has 0 bridgehead atoms. The molecule has 0 aliphatic rings. The zero-order chi connectivity index (χ0) is 15.3. The van der Waals surface area contributed by atoms with Gasteiger partial charge in [-0.2, -0.15) is 0 Å². The van der Waals surface area contributed by atoms with Gasteiger partial charge >= 0.3 is 0 Å². The monoisotopic (exact) mass is 329 g/mol. The molecule has 2 aromatic heterocycles. The van der Waals surface area contributed by atoms with Crippen LogP contribution in [0.1, 0.15) is 24.0 Å². The first-order valence-electron chi connectivity index (χ1n) is 6.65. The molecular formula is C12H19N5O2S2. The van der Waals surface area contributed by atoms with Gasteiger partial charge in [0.15, 0.2) is 0 Å². The van der Waals surface area contributed by atoms with E-state index in [1.165, 1.54) is 17.7 Å². The average molecular weight is 329 g/mol. The predicted molar refractivity (Wildman–Crippen MR) is 81.3 cm³/mol. The minimum atomic E-state index is -3.50. The lowest BCUT2D eigenvalue weighted by Crippen LogP contribution is -2.24. The molecule has 0 saturated heterocycles. The molecule has 2 N–H and O–H groups in total. The molecule has 0 atom stereocenters. The van der Waals surface area contributed by atoms with Crippen molar-refractivity contribution in [3.8, 4) is 0 Å². The summed E-state index contributed by atoms with van der Waals surface area (Å²) in [5.74, 6) is 0.569. The molecule has 116 valence electrons. The molecule has 0 aromatic carbocycles. The van der Waals surface area contributed by atoms with Gasteiger partial charge in [0.05, 0.1) is 6.54 Å². The number of hydrogen-bond acceptors (Lipinski definition) is 6. The fourth-order valence-corrected chi connectivity index (χ4v) is 4.03. The lowest BCUT2D eigenvalue weighted by molar-refractivity contribution is 0.579. The first-order valence-corrected chi connectivity index (χ1v) is 8.95. The number of hydrogen-bond donors (Lipinski definition) is 2. The van der Waals surface area contributed by atoms with E-state index in [9.17, 15) is 8.42 Å². The van der Waals surface area contributed by atoms with Crippen molar-refractivity contribution in [1.29, 1.82) is 0 Å². The number of thiophene rings is 1. The molecule has 0 spiro atoms. The van der Waals surface area contributed by atoms with Crippen LogP contribution in [0.4, 0.5) is 0 Å². The van der Waals surface area contributed by atoms with Gasteiger partial charge in [-0.1, -0.05) is 6.92 Å². The number of aromatic nitrogens is 3. The van der Waals surface area contributed by atoms with Crippen molar-refractivity contribution in [3.05, 3.63) is 29.2 Å². The first-order chi connectivity index (χ1) is 10.0. The standard InChI is InChI=1S/C12H19N5O2S2/c1-3-6-13-7-10-4-5-12(20-10)21(18,19)15-8-11-16-14-9-17(11)2/h4-5,9,13,15H,3,6-8H2,1-2H3. The SMILES string of the molecule is CCCNCc1ccc(S(=O)(=O)NCc2nncn2C)s1. The molecular weight excluding hydrogens is 310 g/mol. The fourth-order valence-electron chi connectivity index (χ4n) is 1.68. The molecule has 0 aliphatic heterocycles. The largest absolute Gasteiger partial charge is 0.320 e. The van der Waals surface area contributed by atoms with E-state index in [0.29, 0.717) is 16.6 Å². The predicted octanol–water partition coefficient (Wildman–Crippen LogP) is 0.855. The number of nitrogens with zero attached hydrogens (tertiary/aromatic N) is 3. The van der Waals surface area contributed by atoms with Crippen LogP contribution < -0.4 is 10.0 Å². The molecule has 0 saturated carbocycles. The van der Waals surface area contributed by atoms with Crippen molar-refractivity contribution in [3.63, 3.8) is 0 Å². The van der Waals surface area contributed by atoms with Crippen LogP contribution >= 0.6 is 11.3 Å². The molecule has 2 aromatic rings. The maximum absolute atomic E-state index is 12.2. The minimum Gasteiger partial charge on any atom is -0.320 e. The second-order valence-electron chi connectivity index (χ2n) is 4.58. The summed E-state index contributed by atoms with van der Waals surface area (Å²) in [6.07, 6.45) is 2.59. The van der Waals surface area contributed by atoms with Crippen molar-refractivity contribution in [2.75, 3.05) is 6.54 Å². The van der Waals surface area contributed by atoms with Gasteiger partial charge in [0.25, 0.3) is 0 Å². The quantitative estimate of drug-likeness (QED) is 0.701. The second-order valence-corrected chi connectivity index (χ2v) is 7.74. The Kier molecular flexibility index (Phi) is 5.45. The van der Waals surface area contributed by atoms with E-state index >= 15 is 0 Å². The van der Waals surface area contributed by atoms with E-state index in [2.05, 4.69) is 27.2 Å². The van der Waals surface area contributed by atoms with E-state index in [-0.39, 0.29) is 6.54 Å². The van der Waals surface area contributed by atoms with Crippen molar-refractivity contribution in [2.24, 2.45) is 7.05 Å². The smallest absolute Gasteiger partial charge is 0.250 e. The molecule has 0 unspecified atom stereocenters. The minimum absolute atomic E-state index is 0.125. The lowest BCUT2D eigenvalue weighted by atomic mass is 10.4. The molecule has 0 fully saturated rings. The van der Waals surface area contributed by atoms with Crippen molar-refractivity contribution < 1.29 is 8.42 Å². The number of sulfonamides is 1. The Labute approximate surface area is 128 Å². The van der Waals surface area contributed by atoms with Gasteiger partial charge in [-0.15, -0.1) is 21.5 Å². The summed E-state index contributed by atoms with van der Waals surface area (Å²) < 4.78 is 28.9.